The van der Waals surface area contributed by atoms with E-state index in [1.807, 2.05) is 24.4 Å². The van der Waals surface area contributed by atoms with E-state index in [2.05, 4.69) is 32.3 Å². The topological polar surface area (TPSA) is 31.2 Å². The molecule has 1 aliphatic heterocycles. The van der Waals surface area contributed by atoms with Crippen LogP contribution >= 0.6 is 0 Å². The second kappa shape index (κ2) is 3.86. The van der Waals surface area contributed by atoms with Gasteiger partial charge in [0.2, 0.25) is 0 Å². The van der Waals surface area contributed by atoms with Crippen molar-refractivity contribution in [1.82, 2.24) is 4.57 Å². The van der Waals surface area contributed by atoms with E-state index in [0.29, 0.717) is 6.61 Å². The van der Waals surface area contributed by atoms with Gasteiger partial charge in [-0.05, 0) is 31.9 Å². The Labute approximate surface area is 112 Å². The Morgan fingerprint density at radius 1 is 1.32 bits per heavy atom. The fourth-order valence-corrected chi connectivity index (χ4v) is 2.70. The lowest BCUT2D eigenvalue weighted by molar-refractivity contribution is 0.170. The van der Waals surface area contributed by atoms with E-state index in [-0.39, 0.29) is 16.9 Å². The van der Waals surface area contributed by atoms with E-state index >= 15 is 0 Å². The van der Waals surface area contributed by atoms with Gasteiger partial charge in [0.05, 0.1) is 11.1 Å². The summed E-state index contributed by atoms with van der Waals surface area (Å²) in [7, 11) is 0. The summed E-state index contributed by atoms with van der Waals surface area (Å²) in [6.45, 7) is 9.02. The zero-order valence-corrected chi connectivity index (χ0v) is 11.9. The molecular weight excluding hydrogens is 238 g/mol. The maximum absolute atomic E-state index is 12.6. The highest BCUT2D eigenvalue weighted by molar-refractivity contribution is 5.86. The van der Waals surface area contributed by atoms with E-state index in [0.717, 1.165) is 22.2 Å². The molecule has 0 radical (unpaired) electrons. The van der Waals surface area contributed by atoms with Crippen LogP contribution in [0.4, 0.5) is 0 Å². The van der Waals surface area contributed by atoms with Gasteiger partial charge in [-0.3, -0.25) is 4.79 Å². The van der Waals surface area contributed by atoms with E-state index in [1.54, 1.807) is 0 Å². The van der Waals surface area contributed by atoms with Crippen LogP contribution < -0.4 is 10.2 Å². The van der Waals surface area contributed by atoms with Gasteiger partial charge in [0.15, 0.2) is 5.43 Å². The minimum atomic E-state index is -0.135. The van der Waals surface area contributed by atoms with Crippen LogP contribution in [0.25, 0.3) is 10.9 Å². The van der Waals surface area contributed by atoms with Gasteiger partial charge in [-0.1, -0.05) is 19.9 Å². The lowest BCUT2D eigenvalue weighted by Gasteiger charge is -2.35. The fraction of sp³-hybridized carbons (Fsp3) is 0.438. The number of pyridine rings is 1. The molecule has 3 heteroatoms. The molecule has 0 aliphatic carbocycles. The van der Waals surface area contributed by atoms with Crippen molar-refractivity contribution in [2.75, 3.05) is 6.61 Å². The average Bonchev–Trinajstić information content (AvgIpc) is 2.35. The molecule has 1 aromatic heterocycles. The van der Waals surface area contributed by atoms with Crippen LogP contribution in [-0.4, -0.2) is 11.2 Å². The minimum Gasteiger partial charge on any atom is -0.489 e. The predicted molar refractivity (Wildman–Crippen MR) is 77.1 cm³/mol. The highest BCUT2D eigenvalue weighted by Crippen LogP contribution is 2.34. The lowest BCUT2D eigenvalue weighted by atomic mass is 9.97. The normalized spacial score (nSPS) is 16.7. The molecule has 0 bridgehead atoms. The molecule has 3 rings (SSSR count). The zero-order chi connectivity index (χ0) is 13.8. The van der Waals surface area contributed by atoms with Gasteiger partial charge in [0, 0.05) is 17.1 Å². The Kier molecular flexibility index (Phi) is 2.49. The number of aromatic nitrogens is 1. The van der Waals surface area contributed by atoms with Gasteiger partial charge in [0.1, 0.15) is 12.4 Å². The number of rotatable bonds is 1. The van der Waals surface area contributed by atoms with Gasteiger partial charge >= 0.3 is 0 Å². The Morgan fingerprint density at radius 3 is 2.74 bits per heavy atom. The standard InChI is InChI=1S/C16H19NO2/c1-10(2)12-8-17-14-11(15(12)18)6-5-7-13(14)19-9-16(17,3)4/h5-8,10H,9H2,1-4H3. The summed E-state index contributed by atoms with van der Waals surface area (Å²) in [6.07, 6.45) is 2.02. The largest absolute Gasteiger partial charge is 0.489 e. The molecule has 100 valence electrons. The second-order valence-electron chi connectivity index (χ2n) is 6.19. The van der Waals surface area contributed by atoms with Crippen molar-refractivity contribution in [3.05, 3.63) is 40.2 Å². The molecule has 1 aliphatic rings. The molecule has 0 unspecified atom stereocenters. The van der Waals surface area contributed by atoms with Crippen molar-refractivity contribution in [2.45, 2.75) is 39.2 Å². The van der Waals surface area contributed by atoms with E-state index in [4.69, 9.17) is 4.74 Å². The molecule has 1 aromatic carbocycles. The highest BCUT2D eigenvalue weighted by atomic mass is 16.5. The fourth-order valence-electron chi connectivity index (χ4n) is 2.70. The summed E-state index contributed by atoms with van der Waals surface area (Å²) in [6, 6.07) is 5.72. The Balaban J connectivity index is 2.51. The average molecular weight is 257 g/mol. The molecule has 0 spiro atoms. The summed E-state index contributed by atoms with van der Waals surface area (Å²) >= 11 is 0. The van der Waals surface area contributed by atoms with Crippen molar-refractivity contribution >= 4 is 10.9 Å². The van der Waals surface area contributed by atoms with Crippen LogP contribution in [0, 0.1) is 0 Å². The molecule has 0 atom stereocenters. The van der Waals surface area contributed by atoms with Gasteiger partial charge in [0.25, 0.3) is 0 Å². The molecule has 2 aromatic rings. The van der Waals surface area contributed by atoms with Crippen molar-refractivity contribution in [3.63, 3.8) is 0 Å². The third-order valence-corrected chi connectivity index (χ3v) is 3.87. The van der Waals surface area contributed by atoms with Crippen molar-refractivity contribution < 1.29 is 4.74 Å². The third kappa shape index (κ3) is 1.68. The van der Waals surface area contributed by atoms with Crippen LogP contribution in [-0.2, 0) is 5.54 Å². The van der Waals surface area contributed by atoms with Gasteiger partial charge in [-0.25, -0.2) is 0 Å². The molecule has 0 saturated carbocycles. The van der Waals surface area contributed by atoms with Crippen LogP contribution in [0.1, 0.15) is 39.2 Å². The SMILES string of the molecule is CC(C)c1cn2c3c(cccc3c1=O)OCC2(C)C. The van der Waals surface area contributed by atoms with E-state index < -0.39 is 0 Å². The summed E-state index contributed by atoms with van der Waals surface area (Å²) in [5.74, 6) is 1.03. The summed E-state index contributed by atoms with van der Waals surface area (Å²) in [5.41, 5.74) is 1.79. The third-order valence-electron chi connectivity index (χ3n) is 3.87. The molecule has 0 fully saturated rings. The van der Waals surface area contributed by atoms with Gasteiger partial charge < -0.3 is 9.30 Å². The smallest absolute Gasteiger partial charge is 0.192 e. The van der Waals surface area contributed by atoms with Crippen molar-refractivity contribution in [3.8, 4) is 5.75 Å². The monoisotopic (exact) mass is 257 g/mol. The van der Waals surface area contributed by atoms with Crippen LogP contribution in [0.3, 0.4) is 0 Å². The zero-order valence-electron chi connectivity index (χ0n) is 11.9. The van der Waals surface area contributed by atoms with Crippen LogP contribution in [0.2, 0.25) is 0 Å². The summed E-state index contributed by atoms with van der Waals surface area (Å²) in [4.78, 5) is 12.6. The molecule has 2 heterocycles. The molecule has 19 heavy (non-hydrogen) atoms. The Hall–Kier alpha value is -1.77. The molecule has 0 amide bonds. The van der Waals surface area contributed by atoms with Crippen LogP contribution in [0.5, 0.6) is 5.75 Å². The first kappa shape index (κ1) is 12.3. The summed E-state index contributed by atoms with van der Waals surface area (Å²) < 4.78 is 8.01. The van der Waals surface area contributed by atoms with Crippen molar-refractivity contribution in [1.29, 1.82) is 0 Å². The van der Waals surface area contributed by atoms with E-state index in [9.17, 15) is 4.79 Å². The first-order chi connectivity index (χ1) is 8.92. The van der Waals surface area contributed by atoms with Crippen molar-refractivity contribution in [2.24, 2.45) is 0 Å². The van der Waals surface area contributed by atoms with Crippen LogP contribution in [0.15, 0.2) is 29.2 Å². The summed E-state index contributed by atoms with van der Waals surface area (Å²) in [5, 5.41) is 0.761. The number of ether oxygens (including phenoxy) is 1. The lowest BCUT2D eigenvalue weighted by Crippen LogP contribution is -2.38. The number of nitrogens with zero attached hydrogens (tertiary/aromatic N) is 1. The molecule has 3 nitrogen and oxygen atoms in total. The number of para-hydroxylation sites is 1. The van der Waals surface area contributed by atoms with Gasteiger partial charge in [-0.15, -0.1) is 0 Å². The first-order valence-electron chi connectivity index (χ1n) is 6.73. The first-order valence-corrected chi connectivity index (χ1v) is 6.73. The Morgan fingerprint density at radius 2 is 2.05 bits per heavy atom. The maximum atomic E-state index is 12.6. The molecule has 0 saturated heterocycles. The highest BCUT2D eigenvalue weighted by Gasteiger charge is 2.29. The van der Waals surface area contributed by atoms with E-state index in [1.165, 1.54) is 0 Å². The predicted octanol–water partition coefficient (Wildman–Crippen LogP) is 3.25. The Bertz CT molecular complexity index is 710. The van der Waals surface area contributed by atoms with Gasteiger partial charge in [-0.2, -0.15) is 0 Å². The number of hydrogen-bond acceptors (Lipinski definition) is 2. The quantitative estimate of drug-likeness (QED) is 0.785. The minimum absolute atomic E-state index is 0.129. The second-order valence-corrected chi connectivity index (χ2v) is 6.19. The molecule has 0 N–H and O–H groups in total. The molecular formula is C16H19NO2. The number of benzene rings is 1. The number of hydrogen-bond donors (Lipinski definition) is 0. The maximum Gasteiger partial charge on any atom is 0.192 e.